The summed E-state index contributed by atoms with van der Waals surface area (Å²) < 4.78 is 51.8. The standard InChI is InChI=1S/C17H20F4N2O.ClH/c18-13-5-11(4-12(8-13)17(19,20)21)16(24)23-15-9-2-1-3-10(15)7-14(22)6-9;/h4-5,8-10,14-15H,1-3,6-7,22H2,(H,23,24);1H. The lowest BCUT2D eigenvalue weighted by Gasteiger charge is -2.45. The summed E-state index contributed by atoms with van der Waals surface area (Å²) in [5.74, 6) is -1.24. The molecule has 2 atom stereocenters. The van der Waals surface area contributed by atoms with Crippen molar-refractivity contribution in [2.75, 3.05) is 0 Å². The Balaban J connectivity index is 0.00000225. The van der Waals surface area contributed by atoms with E-state index in [0.717, 1.165) is 38.2 Å². The minimum Gasteiger partial charge on any atom is -0.349 e. The monoisotopic (exact) mass is 380 g/mol. The zero-order valence-corrected chi connectivity index (χ0v) is 14.3. The number of carbonyl (C=O) groups excluding carboxylic acids is 1. The van der Waals surface area contributed by atoms with Crippen LogP contribution >= 0.6 is 12.4 Å². The van der Waals surface area contributed by atoms with Gasteiger partial charge < -0.3 is 11.1 Å². The first-order valence-electron chi connectivity index (χ1n) is 8.18. The van der Waals surface area contributed by atoms with Gasteiger partial charge in [-0.1, -0.05) is 6.42 Å². The van der Waals surface area contributed by atoms with Gasteiger partial charge >= 0.3 is 6.18 Å². The molecule has 1 amide bonds. The summed E-state index contributed by atoms with van der Waals surface area (Å²) in [5.41, 5.74) is 4.58. The van der Waals surface area contributed by atoms with Crippen molar-refractivity contribution in [1.82, 2.24) is 5.32 Å². The van der Waals surface area contributed by atoms with Crippen LogP contribution in [0.2, 0.25) is 0 Å². The third kappa shape index (κ3) is 4.44. The Morgan fingerprint density at radius 2 is 1.72 bits per heavy atom. The third-order valence-corrected chi connectivity index (χ3v) is 5.16. The highest BCUT2D eigenvalue weighted by atomic mass is 35.5. The van der Waals surface area contributed by atoms with Crippen LogP contribution in [0.3, 0.4) is 0 Å². The third-order valence-electron chi connectivity index (χ3n) is 5.16. The van der Waals surface area contributed by atoms with Gasteiger partial charge in [0.25, 0.3) is 5.91 Å². The summed E-state index contributed by atoms with van der Waals surface area (Å²) in [4.78, 5) is 12.4. The van der Waals surface area contributed by atoms with E-state index < -0.39 is 23.5 Å². The van der Waals surface area contributed by atoms with Crippen molar-refractivity contribution >= 4 is 18.3 Å². The van der Waals surface area contributed by atoms with Crippen LogP contribution in [0, 0.1) is 17.7 Å². The molecule has 2 aliphatic carbocycles. The second-order valence-corrected chi connectivity index (χ2v) is 6.91. The Hall–Kier alpha value is -1.34. The minimum atomic E-state index is -4.69. The number of amides is 1. The van der Waals surface area contributed by atoms with Crippen molar-refractivity contribution in [3.63, 3.8) is 0 Å². The minimum absolute atomic E-state index is 0. The van der Waals surface area contributed by atoms with E-state index in [0.29, 0.717) is 12.1 Å². The lowest BCUT2D eigenvalue weighted by molar-refractivity contribution is -0.137. The molecule has 140 valence electrons. The van der Waals surface area contributed by atoms with Gasteiger partial charge in [-0.05, 0) is 55.7 Å². The number of fused-ring (bicyclic) bond motifs is 2. The molecule has 3 N–H and O–H groups in total. The molecule has 1 aromatic rings. The fourth-order valence-electron chi connectivity index (χ4n) is 4.14. The molecule has 0 aliphatic heterocycles. The van der Waals surface area contributed by atoms with Crippen molar-refractivity contribution in [2.45, 2.75) is 50.4 Å². The number of benzene rings is 1. The average Bonchev–Trinajstić information content (AvgIpc) is 2.46. The van der Waals surface area contributed by atoms with E-state index in [9.17, 15) is 22.4 Å². The van der Waals surface area contributed by atoms with Gasteiger partial charge in [0.1, 0.15) is 5.82 Å². The van der Waals surface area contributed by atoms with Crippen molar-refractivity contribution in [1.29, 1.82) is 0 Å². The smallest absolute Gasteiger partial charge is 0.349 e. The zero-order chi connectivity index (χ0) is 17.5. The molecule has 0 heterocycles. The first kappa shape index (κ1) is 20.0. The quantitative estimate of drug-likeness (QED) is 0.764. The van der Waals surface area contributed by atoms with Crippen molar-refractivity contribution in [3.05, 3.63) is 35.1 Å². The molecule has 0 spiro atoms. The first-order valence-corrected chi connectivity index (χ1v) is 8.18. The molecule has 25 heavy (non-hydrogen) atoms. The molecule has 3 rings (SSSR count). The van der Waals surface area contributed by atoms with Crippen LogP contribution in [0.15, 0.2) is 18.2 Å². The predicted octanol–water partition coefficient (Wildman–Crippen LogP) is 3.90. The molecular formula is C17H21ClF4N2O. The van der Waals surface area contributed by atoms with Gasteiger partial charge in [-0.25, -0.2) is 4.39 Å². The normalized spacial score (nSPS) is 28.8. The van der Waals surface area contributed by atoms with Crippen LogP contribution in [0.1, 0.15) is 48.0 Å². The number of rotatable bonds is 2. The fourth-order valence-corrected chi connectivity index (χ4v) is 4.14. The number of nitrogens with one attached hydrogen (secondary N) is 1. The number of alkyl halides is 3. The highest BCUT2D eigenvalue weighted by Gasteiger charge is 2.40. The lowest BCUT2D eigenvalue weighted by atomic mass is 9.67. The number of hydrogen-bond acceptors (Lipinski definition) is 2. The van der Waals surface area contributed by atoms with Gasteiger partial charge in [0, 0.05) is 17.6 Å². The van der Waals surface area contributed by atoms with Crippen molar-refractivity contribution in [3.8, 4) is 0 Å². The van der Waals surface area contributed by atoms with Crippen LogP contribution in [-0.2, 0) is 6.18 Å². The highest BCUT2D eigenvalue weighted by Crippen LogP contribution is 2.40. The van der Waals surface area contributed by atoms with Crippen LogP contribution in [0.5, 0.6) is 0 Å². The molecule has 0 saturated heterocycles. The van der Waals surface area contributed by atoms with Crippen LogP contribution in [0.4, 0.5) is 17.6 Å². The topological polar surface area (TPSA) is 55.1 Å². The van der Waals surface area contributed by atoms with E-state index in [1.807, 2.05) is 0 Å². The maximum atomic E-state index is 13.5. The Kier molecular flexibility index (Phi) is 5.99. The largest absolute Gasteiger partial charge is 0.416 e. The maximum Gasteiger partial charge on any atom is 0.416 e. The first-order chi connectivity index (χ1) is 11.2. The second-order valence-electron chi connectivity index (χ2n) is 6.91. The molecule has 0 aromatic heterocycles. The maximum absolute atomic E-state index is 13.5. The van der Waals surface area contributed by atoms with Gasteiger partial charge in [0.05, 0.1) is 5.56 Å². The van der Waals surface area contributed by atoms with Gasteiger partial charge in [-0.15, -0.1) is 12.4 Å². The number of hydrogen-bond donors (Lipinski definition) is 2. The van der Waals surface area contributed by atoms with Gasteiger partial charge in [0.2, 0.25) is 0 Å². The fraction of sp³-hybridized carbons (Fsp3) is 0.588. The molecule has 2 saturated carbocycles. The lowest BCUT2D eigenvalue weighted by Crippen LogP contribution is -2.53. The molecule has 8 heteroatoms. The molecular weight excluding hydrogens is 360 g/mol. The van der Waals surface area contributed by atoms with Crippen molar-refractivity contribution in [2.24, 2.45) is 17.6 Å². The Labute approximate surface area is 149 Å². The van der Waals surface area contributed by atoms with Crippen molar-refractivity contribution < 1.29 is 22.4 Å². The summed E-state index contributed by atoms with van der Waals surface area (Å²) in [5, 5.41) is 2.84. The van der Waals surface area contributed by atoms with E-state index in [2.05, 4.69) is 5.32 Å². The molecule has 3 nitrogen and oxygen atoms in total. The Bertz CT molecular complexity index is 624. The zero-order valence-electron chi connectivity index (χ0n) is 13.5. The molecule has 2 bridgehead atoms. The Morgan fingerprint density at radius 1 is 1.12 bits per heavy atom. The number of nitrogens with two attached hydrogens (primary N) is 1. The van der Waals surface area contributed by atoms with Crippen LogP contribution < -0.4 is 11.1 Å². The van der Waals surface area contributed by atoms with Crippen LogP contribution in [-0.4, -0.2) is 18.0 Å². The van der Waals surface area contributed by atoms with E-state index in [1.165, 1.54) is 0 Å². The van der Waals surface area contributed by atoms with Gasteiger partial charge in [-0.3, -0.25) is 4.79 Å². The summed E-state index contributed by atoms with van der Waals surface area (Å²) >= 11 is 0. The summed E-state index contributed by atoms with van der Waals surface area (Å²) in [7, 11) is 0. The molecule has 2 fully saturated rings. The molecule has 2 unspecified atom stereocenters. The molecule has 0 radical (unpaired) electrons. The Morgan fingerprint density at radius 3 is 2.28 bits per heavy atom. The van der Waals surface area contributed by atoms with E-state index >= 15 is 0 Å². The number of halogens is 5. The molecule has 1 aromatic carbocycles. The number of carbonyl (C=O) groups is 1. The van der Waals surface area contributed by atoms with E-state index in [1.54, 1.807) is 0 Å². The molecule has 2 aliphatic rings. The van der Waals surface area contributed by atoms with Crippen LogP contribution in [0.25, 0.3) is 0 Å². The average molecular weight is 381 g/mol. The van der Waals surface area contributed by atoms with E-state index in [4.69, 9.17) is 5.73 Å². The SMILES string of the molecule is Cl.NC1CC2CCCC(C1)C2NC(=O)c1cc(F)cc(C(F)(F)F)c1. The summed E-state index contributed by atoms with van der Waals surface area (Å²) in [6.07, 6.45) is -0.104. The second kappa shape index (κ2) is 7.50. The summed E-state index contributed by atoms with van der Waals surface area (Å²) in [6.45, 7) is 0. The van der Waals surface area contributed by atoms with Gasteiger partial charge in [-0.2, -0.15) is 13.2 Å². The predicted molar refractivity (Wildman–Crippen MR) is 87.9 cm³/mol. The summed E-state index contributed by atoms with van der Waals surface area (Å²) in [6, 6.07) is 1.95. The van der Waals surface area contributed by atoms with Gasteiger partial charge in [0.15, 0.2) is 0 Å². The van der Waals surface area contributed by atoms with E-state index in [-0.39, 0.29) is 41.9 Å². The highest BCUT2D eigenvalue weighted by molar-refractivity contribution is 5.94.